The molecule has 7 nitrogen and oxygen atoms in total. The van der Waals surface area contributed by atoms with E-state index in [2.05, 4.69) is 20.0 Å². The average Bonchev–Trinajstić information content (AvgIpc) is 2.64. The predicted molar refractivity (Wildman–Crippen MR) is 106 cm³/mol. The van der Waals surface area contributed by atoms with E-state index < -0.39 is 10.0 Å². The molecule has 2 aromatic carbocycles. The molecule has 0 aliphatic heterocycles. The van der Waals surface area contributed by atoms with E-state index in [0.29, 0.717) is 22.9 Å². The second kappa shape index (κ2) is 7.73. The fourth-order valence-electron chi connectivity index (χ4n) is 2.57. The Morgan fingerprint density at radius 3 is 2.63 bits per heavy atom. The molecule has 0 saturated carbocycles. The van der Waals surface area contributed by atoms with Crippen molar-refractivity contribution in [2.45, 2.75) is 13.5 Å². The highest BCUT2D eigenvalue weighted by molar-refractivity contribution is 7.92. The summed E-state index contributed by atoms with van der Waals surface area (Å²) in [6, 6.07) is 14.6. The molecule has 0 saturated heterocycles. The molecule has 0 atom stereocenters. The summed E-state index contributed by atoms with van der Waals surface area (Å²) in [6.45, 7) is 1.79. The van der Waals surface area contributed by atoms with Gasteiger partial charge in [0, 0.05) is 17.3 Å². The molecular formula is C19H20N4O3S. The SMILES string of the molecule is Cc1ccc(Nc2cc(-c3cccc(CO)c3)ncn2)cc1NS(C)(=O)=O. The van der Waals surface area contributed by atoms with Gasteiger partial charge in [0.25, 0.3) is 0 Å². The first-order valence-corrected chi connectivity index (χ1v) is 10.1. The third kappa shape index (κ3) is 5.02. The molecule has 0 spiro atoms. The van der Waals surface area contributed by atoms with Gasteiger partial charge in [-0.05, 0) is 36.2 Å². The zero-order valence-electron chi connectivity index (χ0n) is 15.0. The van der Waals surface area contributed by atoms with Crippen LogP contribution in [0.3, 0.4) is 0 Å². The van der Waals surface area contributed by atoms with Crippen LogP contribution in [0.5, 0.6) is 0 Å². The highest BCUT2D eigenvalue weighted by Gasteiger charge is 2.08. The fourth-order valence-corrected chi connectivity index (χ4v) is 3.19. The van der Waals surface area contributed by atoms with Crippen molar-refractivity contribution in [3.05, 3.63) is 66.0 Å². The lowest BCUT2D eigenvalue weighted by Crippen LogP contribution is -2.10. The average molecular weight is 384 g/mol. The molecule has 3 aromatic rings. The molecule has 0 fully saturated rings. The van der Waals surface area contributed by atoms with Crippen LogP contribution in [-0.4, -0.2) is 29.7 Å². The summed E-state index contributed by atoms with van der Waals surface area (Å²) in [5.74, 6) is 0.573. The Morgan fingerprint density at radius 2 is 1.89 bits per heavy atom. The number of aliphatic hydroxyl groups excluding tert-OH is 1. The number of benzene rings is 2. The highest BCUT2D eigenvalue weighted by Crippen LogP contribution is 2.25. The highest BCUT2D eigenvalue weighted by atomic mass is 32.2. The number of hydrogen-bond donors (Lipinski definition) is 3. The number of aromatic nitrogens is 2. The van der Waals surface area contributed by atoms with Gasteiger partial charge < -0.3 is 10.4 Å². The van der Waals surface area contributed by atoms with E-state index in [-0.39, 0.29) is 6.61 Å². The summed E-state index contributed by atoms with van der Waals surface area (Å²) in [4.78, 5) is 8.50. The Balaban J connectivity index is 1.87. The van der Waals surface area contributed by atoms with Crippen LogP contribution >= 0.6 is 0 Å². The number of nitrogens with one attached hydrogen (secondary N) is 2. The largest absolute Gasteiger partial charge is 0.392 e. The molecular weight excluding hydrogens is 364 g/mol. The summed E-state index contributed by atoms with van der Waals surface area (Å²) in [5, 5.41) is 12.5. The maximum absolute atomic E-state index is 11.5. The van der Waals surface area contributed by atoms with E-state index in [1.807, 2.05) is 43.3 Å². The number of rotatable bonds is 6. The molecule has 0 amide bonds. The molecule has 1 heterocycles. The van der Waals surface area contributed by atoms with E-state index in [1.165, 1.54) is 6.33 Å². The maximum Gasteiger partial charge on any atom is 0.229 e. The molecule has 0 bridgehead atoms. The smallest absolute Gasteiger partial charge is 0.229 e. The molecule has 3 rings (SSSR count). The number of aliphatic hydroxyl groups is 1. The summed E-state index contributed by atoms with van der Waals surface area (Å²) in [7, 11) is -3.36. The van der Waals surface area contributed by atoms with Gasteiger partial charge in [0.2, 0.25) is 10.0 Å². The van der Waals surface area contributed by atoms with Crippen LogP contribution in [0.2, 0.25) is 0 Å². The lowest BCUT2D eigenvalue weighted by atomic mass is 10.1. The van der Waals surface area contributed by atoms with Crippen molar-refractivity contribution in [2.24, 2.45) is 0 Å². The zero-order valence-corrected chi connectivity index (χ0v) is 15.8. The van der Waals surface area contributed by atoms with Crippen LogP contribution in [0.4, 0.5) is 17.2 Å². The van der Waals surface area contributed by atoms with Crippen molar-refractivity contribution in [1.29, 1.82) is 0 Å². The second-order valence-corrected chi connectivity index (χ2v) is 7.92. The van der Waals surface area contributed by atoms with Crippen LogP contribution in [0, 0.1) is 6.92 Å². The van der Waals surface area contributed by atoms with Gasteiger partial charge >= 0.3 is 0 Å². The third-order valence-electron chi connectivity index (χ3n) is 3.88. The number of nitrogens with zero attached hydrogens (tertiary/aromatic N) is 2. The van der Waals surface area contributed by atoms with Crippen LogP contribution < -0.4 is 10.0 Å². The standard InChI is InChI=1S/C19H20N4O3S/c1-13-6-7-16(9-17(13)23-27(2,25)26)22-19-10-18(20-12-21-19)15-5-3-4-14(8-15)11-24/h3-10,12,23-24H,11H2,1-2H3,(H,20,21,22). The Bertz CT molecular complexity index is 1070. The van der Waals surface area contributed by atoms with E-state index in [0.717, 1.165) is 22.9 Å². The van der Waals surface area contributed by atoms with Crippen molar-refractivity contribution in [3.8, 4) is 11.3 Å². The topological polar surface area (TPSA) is 104 Å². The Hall–Kier alpha value is -2.97. The van der Waals surface area contributed by atoms with Crippen molar-refractivity contribution < 1.29 is 13.5 Å². The monoisotopic (exact) mass is 384 g/mol. The lowest BCUT2D eigenvalue weighted by Gasteiger charge is -2.12. The van der Waals surface area contributed by atoms with Gasteiger partial charge in [0.1, 0.15) is 12.1 Å². The molecule has 0 unspecified atom stereocenters. The van der Waals surface area contributed by atoms with Crippen molar-refractivity contribution in [1.82, 2.24) is 9.97 Å². The number of aryl methyl sites for hydroxylation is 1. The Labute approximate surface area is 158 Å². The van der Waals surface area contributed by atoms with E-state index >= 15 is 0 Å². The van der Waals surface area contributed by atoms with Crippen LogP contribution in [0.1, 0.15) is 11.1 Å². The molecule has 0 aliphatic rings. The van der Waals surface area contributed by atoms with Gasteiger partial charge in [0.05, 0.1) is 24.2 Å². The molecule has 27 heavy (non-hydrogen) atoms. The van der Waals surface area contributed by atoms with Crippen LogP contribution in [0.15, 0.2) is 54.9 Å². The zero-order chi connectivity index (χ0) is 19.4. The van der Waals surface area contributed by atoms with E-state index in [1.54, 1.807) is 12.1 Å². The fraction of sp³-hybridized carbons (Fsp3) is 0.158. The summed E-state index contributed by atoms with van der Waals surface area (Å²) in [5.41, 5.74) is 4.40. The van der Waals surface area contributed by atoms with Gasteiger partial charge in [0.15, 0.2) is 0 Å². The van der Waals surface area contributed by atoms with Crippen molar-refractivity contribution in [3.63, 3.8) is 0 Å². The van der Waals surface area contributed by atoms with Crippen molar-refractivity contribution in [2.75, 3.05) is 16.3 Å². The van der Waals surface area contributed by atoms with Gasteiger partial charge in [-0.3, -0.25) is 4.72 Å². The van der Waals surface area contributed by atoms with Gasteiger partial charge in [-0.25, -0.2) is 18.4 Å². The molecule has 0 radical (unpaired) electrons. The molecule has 8 heteroatoms. The van der Waals surface area contributed by atoms with Gasteiger partial charge in [-0.15, -0.1) is 0 Å². The Morgan fingerprint density at radius 1 is 1.07 bits per heavy atom. The quantitative estimate of drug-likeness (QED) is 0.603. The van der Waals surface area contributed by atoms with Crippen LogP contribution in [-0.2, 0) is 16.6 Å². The summed E-state index contributed by atoms with van der Waals surface area (Å²) >= 11 is 0. The maximum atomic E-state index is 11.5. The van der Waals surface area contributed by atoms with E-state index in [9.17, 15) is 13.5 Å². The third-order valence-corrected chi connectivity index (χ3v) is 4.47. The minimum Gasteiger partial charge on any atom is -0.392 e. The number of anilines is 3. The first-order valence-electron chi connectivity index (χ1n) is 8.22. The Kier molecular flexibility index (Phi) is 5.38. The molecule has 1 aromatic heterocycles. The number of sulfonamides is 1. The molecule has 3 N–H and O–H groups in total. The van der Waals surface area contributed by atoms with Gasteiger partial charge in [-0.1, -0.05) is 24.3 Å². The number of hydrogen-bond acceptors (Lipinski definition) is 6. The second-order valence-electron chi connectivity index (χ2n) is 6.18. The first-order chi connectivity index (χ1) is 12.8. The van der Waals surface area contributed by atoms with E-state index in [4.69, 9.17) is 0 Å². The normalized spacial score (nSPS) is 11.2. The first kappa shape index (κ1) is 18.8. The predicted octanol–water partition coefficient (Wildman–Crippen LogP) is 3.06. The summed E-state index contributed by atoms with van der Waals surface area (Å²) < 4.78 is 25.5. The minimum atomic E-state index is -3.36. The minimum absolute atomic E-state index is 0.0382. The lowest BCUT2D eigenvalue weighted by molar-refractivity contribution is 0.282. The van der Waals surface area contributed by atoms with Crippen molar-refractivity contribution >= 4 is 27.2 Å². The van der Waals surface area contributed by atoms with Crippen LogP contribution in [0.25, 0.3) is 11.3 Å². The summed E-state index contributed by atoms with van der Waals surface area (Å²) in [6.07, 6.45) is 2.57. The van der Waals surface area contributed by atoms with Gasteiger partial charge in [-0.2, -0.15) is 0 Å². The molecule has 140 valence electrons. The molecule has 0 aliphatic carbocycles.